The van der Waals surface area contributed by atoms with Gasteiger partial charge in [-0.1, -0.05) is 31.2 Å². The molecule has 1 aliphatic carbocycles. The highest BCUT2D eigenvalue weighted by molar-refractivity contribution is 5.91. The Morgan fingerprint density at radius 1 is 1.39 bits per heavy atom. The third-order valence-electron chi connectivity index (χ3n) is 4.51. The van der Waals surface area contributed by atoms with E-state index in [-0.39, 0.29) is 17.9 Å². The maximum atomic E-state index is 12.3. The van der Waals surface area contributed by atoms with Gasteiger partial charge in [-0.15, -0.1) is 0 Å². The number of nitrogens with zero attached hydrogens (tertiary/aromatic N) is 2. The monoisotopic (exact) mass is 312 g/mol. The summed E-state index contributed by atoms with van der Waals surface area (Å²) in [4.78, 5) is 12.3. The molecule has 1 amide bonds. The smallest absolute Gasteiger partial charge is 0.229 e. The van der Waals surface area contributed by atoms with Crippen molar-refractivity contribution in [3.63, 3.8) is 0 Å². The topological polar surface area (TPSA) is 59.0 Å². The number of aryl methyl sites for hydroxylation is 1. The fraction of sp³-hybridized carbons (Fsp3) is 0.444. The van der Waals surface area contributed by atoms with E-state index in [2.05, 4.69) is 40.0 Å². The Labute approximate surface area is 137 Å². The van der Waals surface area contributed by atoms with Gasteiger partial charge < -0.3 is 10.6 Å². The van der Waals surface area contributed by atoms with Crippen LogP contribution in [0.3, 0.4) is 0 Å². The van der Waals surface area contributed by atoms with Crippen LogP contribution in [0.25, 0.3) is 0 Å². The predicted octanol–water partition coefficient (Wildman–Crippen LogP) is 2.60. The minimum absolute atomic E-state index is 0.0187. The van der Waals surface area contributed by atoms with Crippen LogP contribution in [0.2, 0.25) is 0 Å². The largest absolute Gasteiger partial charge is 0.319 e. The number of nitrogens with one attached hydrogen (secondary N) is 2. The minimum atomic E-state index is -0.0815. The number of rotatable bonds is 5. The van der Waals surface area contributed by atoms with E-state index in [4.69, 9.17) is 0 Å². The van der Waals surface area contributed by atoms with Crippen molar-refractivity contribution in [2.24, 2.45) is 5.92 Å². The normalized spacial score (nSPS) is 18.3. The van der Waals surface area contributed by atoms with Gasteiger partial charge in [0.15, 0.2) is 0 Å². The quantitative estimate of drug-likeness (QED) is 0.892. The number of carbonyl (C=O) groups is 1. The summed E-state index contributed by atoms with van der Waals surface area (Å²) in [5.41, 5.74) is 2.71. The molecule has 1 heterocycles. The average Bonchev–Trinajstić information content (AvgIpc) is 3.02. The zero-order chi connectivity index (χ0) is 16.2. The molecule has 0 fully saturated rings. The van der Waals surface area contributed by atoms with Gasteiger partial charge in [-0.05, 0) is 37.4 Å². The molecule has 2 atom stereocenters. The highest BCUT2D eigenvalue weighted by Gasteiger charge is 2.24. The van der Waals surface area contributed by atoms with Gasteiger partial charge in [-0.3, -0.25) is 4.79 Å². The summed E-state index contributed by atoms with van der Waals surface area (Å²) >= 11 is 0. The van der Waals surface area contributed by atoms with E-state index >= 15 is 0 Å². The number of carbonyl (C=O) groups excluding carboxylic acids is 1. The zero-order valence-corrected chi connectivity index (χ0v) is 13.7. The molecule has 23 heavy (non-hydrogen) atoms. The maximum absolute atomic E-state index is 12.3. The summed E-state index contributed by atoms with van der Waals surface area (Å²) in [6, 6.07) is 10.6. The van der Waals surface area contributed by atoms with Crippen molar-refractivity contribution in [1.82, 2.24) is 15.1 Å². The third kappa shape index (κ3) is 3.29. The summed E-state index contributed by atoms with van der Waals surface area (Å²) in [6.07, 6.45) is 5.07. The van der Waals surface area contributed by atoms with Crippen molar-refractivity contribution in [1.29, 1.82) is 0 Å². The first-order valence-electron chi connectivity index (χ1n) is 8.27. The first-order valence-corrected chi connectivity index (χ1v) is 8.27. The first-order chi connectivity index (χ1) is 11.2. The fourth-order valence-electron chi connectivity index (χ4n) is 3.29. The van der Waals surface area contributed by atoms with Crippen molar-refractivity contribution in [2.75, 3.05) is 18.9 Å². The van der Waals surface area contributed by atoms with Crippen LogP contribution >= 0.6 is 0 Å². The number of amides is 1. The Morgan fingerprint density at radius 3 is 3.04 bits per heavy atom. The van der Waals surface area contributed by atoms with Crippen LogP contribution in [-0.2, 0) is 11.2 Å². The third-order valence-corrected chi connectivity index (χ3v) is 4.51. The number of hydrogen-bond donors (Lipinski definition) is 2. The number of anilines is 1. The Morgan fingerprint density at radius 2 is 2.22 bits per heavy atom. The Bertz CT molecular complexity index is 679. The average molecular weight is 312 g/mol. The molecule has 3 rings (SSSR count). The lowest BCUT2D eigenvalue weighted by Crippen LogP contribution is -2.30. The summed E-state index contributed by atoms with van der Waals surface area (Å²) in [7, 11) is 1.85. The van der Waals surface area contributed by atoms with Gasteiger partial charge in [0.1, 0.15) is 5.82 Å². The van der Waals surface area contributed by atoms with Crippen LogP contribution in [0, 0.1) is 5.92 Å². The Kier molecular flexibility index (Phi) is 4.76. The first kappa shape index (κ1) is 15.7. The van der Waals surface area contributed by atoms with E-state index in [1.54, 1.807) is 6.20 Å². The minimum Gasteiger partial charge on any atom is -0.319 e. The van der Waals surface area contributed by atoms with Crippen molar-refractivity contribution in [3.05, 3.63) is 47.7 Å². The summed E-state index contributed by atoms with van der Waals surface area (Å²) < 4.78 is 1.96. The number of benzene rings is 1. The van der Waals surface area contributed by atoms with Crippen LogP contribution in [0.15, 0.2) is 36.5 Å². The standard InChI is InChI=1S/C18H24N4O/c1-13(12-19-2)18(23)21-17-10-11-20-22(17)16-9-5-7-14-6-3-4-8-15(14)16/h3-4,6,8,10-11,13,16,19H,5,7,9,12H2,1-2H3,(H,21,23). The fourth-order valence-corrected chi connectivity index (χ4v) is 3.29. The lowest BCUT2D eigenvalue weighted by molar-refractivity contribution is -0.119. The molecular weight excluding hydrogens is 288 g/mol. The summed E-state index contributed by atoms with van der Waals surface area (Å²) in [5.74, 6) is 0.715. The van der Waals surface area contributed by atoms with Gasteiger partial charge in [-0.2, -0.15) is 5.10 Å². The van der Waals surface area contributed by atoms with Gasteiger partial charge in [0.2, 0.25) is 5.91 Å². The molecule has 0 saturated carbocycles. The van der Waals surface area contributed by atoms with Crippen molar-refractivity contribution >= 4 is 11.7 Å². The lowest BCUT2D eigenvalue weighted by Gasteiger charge is -2.27. The Hall–Kier alpha value is -2.14. The van der Waals surface area contributed by atoms with Crippen LogP contribution in [0.1, 0.15) is 36.9 Å². The second-order valence-corrected chi connectivity index (χ2v) is 6.22. The molecule has 0 saturated heterocycles. The summed E-state index contributed by atoms with van der Waals surface area (Å²) in [5, 5.41) is 10.5. The lowest BCUT2D eigenvalue weighted by atomic mass is 9.88. The van der Waals surface area contributed by atoms with E-state index in [0.29, 0.717) is 6.54 Å². The van der Waals surface area contributed by atoms with Gasteiger partial charge in [0.25, 0.3) is 0 Å². The Balaban J connectivity index is 1.83. The summed E-state index contributed by atoms with van der Waals surface area (Å²) in [6.45, 7) is 2.58. The van der Waals surface area contributed by atoms with Crippen molar-refractivity contribution in [3.8, 4) is 0 Å². The van der Waals surface area contributed by atoms with Crippen LogP contribution in [0.4, 0.5) is 5.82 Å². The highest BCUT2D eigenvalue weighted by atomic mass is 16.2. The van der Waals surface area contributed by atoms with E-state index in [0.717, 1.165) is 25.1 Å². The molecule has 0 aliphatic heterocycles. The SMILES string of the molecule is CNCC(C)C(=O)Nc1ccnn1C1CCCc2ccccc21. The van der Waals surface area contributed by atoms with E-state index < -0.39 is 0 Å². The molecule has 5 nitrogen and oxygen atoms in total. The number of hydrogen-bond acceptors (Lipinski definition) is 3. The molecular formula is C18H24N4O. The molecule has 0 spiro atoms. The van der Waals surface area contributed by atoms with E-state index in [9.17, 15) is 4.79 Å². The van der Waals surface area contributed by atoms with E-state index in [1.807, 2.05) is 24.7 Å². The second-order valence-electron chi connectivity index (χ2n) is 6.22. The molecule has 1 aromatic heterocycles. The second kappa shape index (κ2) is 6.96. The van der Waals surface area contributed by atoms with Gasteiger partial charge in [0.05, 0.1) is 12.2 Å². The molecule has 122 valence electrons. The van der Waals surface area contributed by atoms with Gasteiger partial charge in [-0.25, -0.2) is 4.68 Å². The molecule has 2 unspecified atom stereocenters. The van der Waals surface area contributed by atoms with Gasteiger partial charge in [0, 0.05) is 18.5 Å². The molecule has 2 N–H and O–H groups in total. The predicted molar refractivity (Wildman–Crippen MR) is 91.5 cm³/mol. The van der Waals surface area contributed by atoms with E-state index in [1.165, 1.54) is 11.1 Å². The number of fused-ring (bicyclic) bond motifs is 1. The van der Waals surface area contributed by atoms with Crippen molar-refractivity contribution in [2.45, 2.75) is 32.2 Å². The zero-order valence-electron chi connectivity index (χ0n) is 13.7. The van der Waals surface area contributed by atoms with Crippen LogP contribution in [0.5, 0.6) is 0 Å². The maximum Gasteiger partial charge on any atom is 0.229 e. The molecule has 0 bridgehead atoms. The molecule has 5 heteroatoms. The van der Waals surface area contributed by atoms with Crippen LogP contribution in [-0.4, -0.2) is 29.3 Å². The molecule has 2 aromatic rings. The molecule has 0 radical (unpaired) electrons. The molecule has 1 aromatic carbocycles. The number of aromatic nitrogens is 2. The highest BCUT2D eigenvalue weighted by Crippen LogP contribution is 2.34. The molecule has 1 aliphatic rings. The van der Waals surface area contributed by atoms with Gasteiger partial charge >= 0.3 is 0 Å². The van der Waals surface area contributed by atoms with Crippen molar-refractivity contribution < 1.29 is 4.79 Å². The van der Waals surface area contributed by atoms with Crippen LogP contribution < -0.4 is 10.6 Å².